The number of benzene rings is 1. The highest BCUT2D eigenvalue weighted by atomic mass is 35.5. The van der Waals surface area contributed by atoms with Crippen molar-refractivity contribution >= 4 is 17.5 Å². The molecule has 3 rings (SSSR count). The van der Waals surface area contributed by atoms with E-state index in [0.29, 0.717) is 41.0 Å². The normalized spacial score (nSPS) is 20.9. The minimum atomic E-state index is -0.0537. The maximum absolute atomic E-state index is 13.2. The Kier molecular flexibility index (Phi) is 5.11. The largest absolute Gasteiger partial charge is 0.334 e. The topological polar surface area (TPSA) is 72.1 Å². The molecule has 0 aliphatic carbocycles. The van der Waals surface area contributed by atoms with Gasteiger partial charge in [-0.3, -0.25) is 4.79 Å². The van der Waals surface area contributed by atoms with Crippen LogP contribution in [0.3, 0.4) is 0 Å². The van der Waals surface area contributed by atoms with E-state index in [1.807, 2.05) is 4.90 Å². The summed E-state index contributed by atoms with van der Waals surface area (Å²) in [6.07, 6.45) is 5.41. The van der Waals surface area contributed by atoms with Crippen molar-refractivity contribution in [2.45, 2.75) is 25.8 Å². The van der Waals surface area contributed by atoms with Crippen molar-refractivity contribution in [3.8, 4) is 11.4 Å². The fourth-order valence-electron chi connectivity index (χ4n) is 3.34. The number of amides is 1. The average molecular weight is 345 g/mol. The number of nitrogens with two attached hydrogens (primary N) is 1. The number of nitrogens with zero attached hydrogens (tertiary/aromatic N) is 3. The molecule has 1 aromatic heterocycles. The van der Waals surface area contributed by atoms with Gasteiger partial charge in [0.15, 0.2) is 5.82 Å². The van der Waals surface area contributed by atoms with Crippen molar-refractivity contribution in [1.82, 2.24) is 14.9 Å². The average Bonchev–Trinajstić information content (AvgIpc) is 2.61. The second-order valence-electron chi connectivity index (χ2n) is 6.18. The first-order valence-corrected chi connectivity index (χ1v) is 8.57. The number of hydrogen-bond acceptors (Lipinski definition) is 4. The maximum atomic E-state index is 13.2. The Hall–Kier alpha value is -1.98. The number of rotatable bonds is 3. The summed E-state index contributed by atoms with van der Waals surface area (Å²) in [5, 5.41) is 0.521. The third-order valence-corrected chi connectivity index (χ3v) is 4.87. The van der Waals surface area contributed by atoms with E-state index >= 15 is 0 Å². The van der Waals surface area contributed by atoms with Gasteiger partial charge in [0.1, 0.15) is 0 Å². The summed E-state index contributed by atoms with van der Waals surface area (Å²) in [6.45, 7) is 3.33. The monoisotopic (exact) mass is 344 g/mol. The fourth-order valence-corrected chi connectivity index (χ4v) is 3.51. The van der Waals surface area contributed by atoms with Crippen LogP contribution in [-0.2, 0) is 0 Å². The Bertz CT molecular complexity index is 722. The third kappa shape index (κ3) is 3.28. The van der Waals surface area contributed by atoms with Crippen LogP contribution in [0.15, 0.2) is 36.7 Å². The summed E-state index contributed by atoms with van der Waals surface area (Å²) in [7, 11) is 0. The van der Waals surface area contributed by atoms with Crippen LogP contribution >= 0.6 is 11.6 Å². The predicted molar refractivity (Wildman–Crippen MR) is 94.8 cm³/mol. The standard InChI is InChI=1S/C18H21ClN4O/c1-12-4-2-9-23(16(12)11-20)18(24)15-10-13(19)5-6-14(15)17-21-7-3-8-22-17/h3,5-8,10,12,16H,2,4,9,11,20H2,1H3. The highest BCUT2D eigenvalue weighted by Gasteiger charge is 2.32. The van der Waals surface area contributed by atoms with Gasteiger partial charge in [-0.15, -0.1) is 0 Å². The van der Waals surface area contributed by atoms with E-state index in [9.17, 15) is 4.79 Å². The first kappa shape index (κ1) is 16.9. The Labute approximate surface area is 146 Å². The lowest BCUT2D eigenvalue weighted by molar-refractivity contribution is 0.0533. The SMILES string of the molecule is CC1CCCN(C(=O)c2cc(Cl)ccc2-c2ncccn2)C1CN. The second-order valence-corrected chi connectivity index (χ2v) is 6.62. The molecule has 126 valence electrons. The zero-order chi connectivity index (χ0) is 17.1. The van der Waals surface area contributed by atoms with E-state index in [2.05, 4.69) is 16.9 Å². The molecule has 1 fully saturated rings. The summed E-state index contributed by atoms with van der Waals surface area (Å²) in [5.74, 6) is 0.858. The van der Waals surface area contributed by atoms with Gasteiger partial charge in [-0.25, -0.2) is 9.97 Å². The van der Waals surface area contributed by atoms with Gasteiger partial charge >= 0.3 is 0 Å². The number of hydrogen-bond donors (Lipinski definition) is 1. The molecular weight excluding hydrogens is 324 g/mol. The number of likely N-dealkylation sites (tertiary alicyclic amines) is 1. The van der Waals surface area contributed by atoms with Gasteiger partial charge in [-0.1, -0.05) is 18.5 Å². The van der Waals surface area contributed by atoms with Crippen LogP contribution < -0.4 is 5.73 Å². The molecule has 1 saturated heterocycles. The molecule has 1 aromatic carbocycles. The van der Waals surface area contributed by atoms with Crippen LogP contribution in [0.2, 0.25) is 5.02 Å². The molecule has 0 radical (unpaired) electrons. The van der Waals surface area contributed by atoms with Crippen LogP contribution in [0.1, 0.15) is 30.1 Å². The van der Waals surface area contributed by atoms with Crippen molar-refractivity contribution < 1.29 is 4.79 Å². The van der Waals surface area contributed by atoms with Crippen molar-refractivity contribution in [3.05, 3.63) is 47.2 Å². The maximum Gasteiger partial charge on any atom is 0.254 e. The van der Waals surface area contributed by atoms with E-state index < -0.39 is 0 Å². The number of carbonyl (C=O) groups excluding carboxylic acids is 1. The molecule has 5 nitrogen and oxygen atoms in total. The zero-order valence-electron chi connectivity index (χ0n) is 13.7. The van der Waals surface area contributed by atoms with Gasteiger partial charge < -0.3 is 10.6 Å². The molecule has 0 spiro atoms. The van der Waals surface area contributed by atoms with E-state index in [0.717, 1.165) is 12.8 Å². The molecule has 0 bridgehead atoms. The van der Waals surface area contributed by atoms with Crippen LogP contribution in [0.25, 0.3) is 11.4 Å². The van der Waals surface area contributed by atoms with E-state index in [4.69, 9.17) is 17.3 Å². The quantitative estimate of drug-likeness (QED) is 0.929. The Morgan fingerprint density at radius 3 is 2.83 bits per heavy atom. The highest BCUT2D eigenvalue weighted by Crippen LogP contribution is 2.29. The molecule has 2 aromatic rings. The minimum absolute atomic E-state index is 0.0507. The molecular formula is C18H21ClN4O. The Morgan fingerprint density at radius 1 is 1.38 bits per heavy atom. The van der Waals surface area contributed by atoms with Crippen molar-refractivity contribution in [2.24, 2.45) is 11.7 Å². The number of carbonyl (C=O) groups is 1. The van der Waals surface area contributed by atoms with Gasteiger partial charge in [0.2, 0.25) is 0 Å². The summed E-state index contributed by atoms with van der Waals surface area (Å²) < 4.78 is 0. The first-order chi connectivity index (χ1) is 11.6. The lowest BCUT2D eigenvalue weighted by atomic mass is 9.90. The fraction of sp³-hybridized carbons (Fsp3) is 0.389. The lowest BCUT2D eigenvalue weighted by Crippen LogP contribution is -2.51. The van der Waals surface area contributed by atoms with Crippen LogP contribution in [0, 0.1) is 5.92 Å². The number of aromatic nitrogens is 2. The molecule has 1 aliphatic rings. The second kappa shape index (κ2) is 7.28. The molecule has 2 N–H and O–H groups in total. The molecule has 1 aliphatic heterocycles. The minimum Gasteiger partial charge on any atom is -0.334 e. The summed E-state index contributed by atoms with van der Waals surface area (Å²) >= 11 is 6.15. The van der Waals surface area contributed by atoms with Crippen molar-refractivity contribution in [2.75, 3.05) is 13.1 Å². The molecule has 2 heterocycles. The van der Waals surface area contributed by atoms with E-state index in [1.165, 1.54) is 0 Å². The highest BCUT2D eigenvalue weighted by molar-refractivity contribution is 6.31. The Morgan fingerprint density at radius 2 is 2.12 bits per heavy atom. The number of halogens is 1. The van der Waals surface area contributed by atoms with Crippen molar-refractivity contribution in [3.63, 3.8) is 0 Å². The van der Waals surface area contributed by atoms with Gasteiger partial charge in [0, 0.05) is 42.1 Å². The Balaban J connectivity index is 2.02. The first-order valence-electron chi connectivity index (χ1n) is 8.19. The van der Waals surface area contributed by atoms with E-state index in [1.54, 1.807) is 36.7 Å². The summed E-state index contributed by atoms with van der Waals surface area (Å²) in [6, 6.07) is 7.05. The lowest BCUT2D eigenvalue weighted by Gasteiger charge is -2.39. The predicted octanol–water partition coefficient (Wildman–Crippen LogP) is 3.00. The van der Waals surface area contributed by atoms with Gasteiger partial charge in [-0.05, 0) is 43.0 Å². The molecule has 2 unspecified atom stereocenters. The zero-order valence-corrected chi connectivity index (χ0v) is 14.4. The molecule has 24 heavy (non-hydrogen) atoms. The third-order valence-electron chi connectivity index (χ3n) is 4.64. The van der Waals surface area contributed by atoms with Crippen LogP contribution in [0.5, 0.6) is 0 Å². The van der Waals surface area contributed by atoms with Crippen LogP contribution in [-0.4, -0.2) is 39.9 Å². The molecule has 1 amide bonds. The van der Waals surface area contributed by atoms with Gasteiger partial charge in [0.25, 0.3) is 5.91 Å². The summed E-state index contributed by atoms with van der Waals surface area (Å²) in [5.41, 5.74) is 7.16. The van der Waals surface area contributed by atoms with E-state index in [-0.39, 0.29) is 11.9 Å². The van der Waals surface area contributed by atoms with Gasteiger partial charge in [0.05, 0.1) is 5.56 Å². The van der Waals surface area contributed by atoms with Gasteiger partial charge in [-0.2, -0.15) is 0 Å². The molecule has 2 atom stereocenters. The van der Waals surface area contributed by atoms with Crippen molar-refractivity contribution in [1.29, 1.82) is 0 Å². The summed E-state index contributed by atoms with van der Waals surface area (Å²) in [4.78, 5) is 23.6. The smallest absolute Gasteiger partial charge is 0.254 e. The molecule has 0 saturated carbocycles. The molecule has 6 heteroatoms. The number of piperidine rings is 1. The van der Waals surface area contributed by atoms with Crippen LogP contribution in [0.4, 0.5) is 0 Å².